The number of aliphatic hydroxyl groups excluding tert-OH is 1. The Morgan fingerprint density at radius 2 is 2.29 bits per heavy atom. The predicted octanol–water partition coefficient (Wildman–Crippen LogP) is -0.321. The van der Waals surface area contributed by atoms with Crippen molar-refractivity contribution in [3.8, 4) is 0 Å². The van der Waals surface area contributed by atoms with Crippen molar-refractivity contribution in [2.75, 3.05) is 45.9 Å². The zero-order chi connectivity index (χ0) is 10.2. The summed E-state index contributed by atoms with van der Waals surface area (Å²) < 4.78 is 5.35. The standard InChI is InChI=1S/C10H22N2O2/c1-2-11-8-10(13)9-12-4-3-6-14-7-5-12/h10-11,13H,2-9H2,1H3. The monoisotopic (exact) mass is 202 g/mol. The predicted molar refractivity (Wildman–Crippen MR) is 56.4 cm³/mol. The van der Waals surface area contributed by atoms with Crippen LogP contribution in [0.4, 0.5) is 0 Å². The maximum Gasteiger partial charge on any atom is 0.0791 e. The van der Waals surface area contributed by atoms with Gasteiger partial charge < -0.3 is 15.2 Å². The minimum atomic E-state index is -0.256. The molecule has 1 aliphatic rings. The van der Waals surface area contributed by atoms with Crippen LogP contribution in [0.2, 0.25) is 0 Å². The van der Waals surface area contributed by atoms with E-state index in [1.54, 1.807) is 0 Å². The van der Waals surface area contributed by atoms with Gasteiger partial charge in [-0.15, -0.1) is 0 Å². The summed E-state index contributed by atoms with van der Waals surface area (Å²) in [5.74, 6) is 0. The summed E-state index contributed by atoms with van der Waals surface area (Å²) in [5, 5.41) is 12.8. The minimum Gasteiger partial charge on any atom is -0.390 e. The smallest absolute Gasteiger partial charge is 0.0791 e. The molecule has 0 aromatic rings. The third-order valence-electron chi connectivity index (χ3n) is 2.41. The summed E-state index contributed by atoms with van der Waals surface area (Å²) in [7, 11) is 0. The highest BCUT2D eigenvalue weighted by atomic mass is 16.5. The Morgan fingerprint density at radius 3 is 3.07 bits per heavy atom. The van der Waals surface area contributed by atoms with Crippen LogP contribution in [-0.4, -0.2) is 62.0 Å². The Morgan fingerprint density at radius 1 is 1.43 bits per heavy atom. The molecule has 4 heteroatoms. The molecule has 1 rings (SSSR count). The lowest BCUT2D eigenvalue weighted by Gasteiger charge is -2.22. The van der Waals surface area contributed by atoms with Crippen molar-refractivity contribution < 1.29 is 9.84 Å². The molecule has 0 amide bonds. The van der Waals surface area contributed by atoms with Crippen LogP contribution in [0.5, 0.6) is 0 Å². The highest BCUT2D eigenvalue weighted by molar-refractivity contribution is 4.68. The fourth-order valence-electron chi connectivity index (χ4n) is 1.65. The number of hydrogen-bond acceptors (Lipinski definition) is 4. The van der Waals surface area contributed by atoms with Gasteiger partial charge in [-0.05, 0) is 13.0 Å². The van der Waals surface area contributed by atoms with Gasteiger partial charge in [-0.2, -0.15) is 0 Å². The van der Waals surface area contributed by atoms with Crippen LogP contribution < -0.4 is 5.32 Å². The molecule has 1 saturated heterocycles. The minimum absolute atomic E-state index is 0.256. The number of hydrogen-bond donors (Lipinski definition) is 2. The number of nitrogens with one attached hydrogen (secondary N) is 1. The molecule has 1 fully saturated rings. The number of nitrogens with zero attached hydrogens (tertiary/aromatic N) is 1. The quantitative estimate of drug-likeness (QED) is 0.641. The summed E-state index contributed by atoms with van der Waals surface area (Å²) in [6.07, 6.45) is 0.821. The molecule has 4 nitrogen and oxygen atoms in total. The lowest BCUT2D eigenvalue weighted by Crippen LogP contribution is -2.39. The molecule has 0 aliphatic carbocycles. The number of rotatable bonds is 5. The summed E-state index contributed by atoms with van der Waals surface area (Å²) in [6.45, 7) is 8.07. The van der Waals surface area contributed by atoms with E-state index in [9.17, 15) is 5.11 Å². The highest BCUT2D eigenvalue weighted by Gasteiger charge is 2.12. The van der Waals surface area contributed by atoms with Crippen molar-refractivity contribution in [2.24, 2.45) is 0 Å². The van der Waals surface area contributed by atoms with Crippen LogP contribution in [-0.2, 0) is 4.74 Å². The average Bonchev–Trinajstić information content (AvgIpc) is 2.43. The van der Waals surface area contributed by atoms with Gasteiger partial charge in [0, 0.05) is 32.8 Å². The largest absolute Gasteiger partial charge is 0.390 e. The van der Waals surface area contributed by atoms with Gasteiger partial charge in [0.25, 0.3) is 0 Å². The normalized spacial score (nSPS) is 21.9. The van der Waals surface area contributed by atoms with Gasteiger partial charge in [-0.25, -0.2) is 0 Å². The Balaban J connectivity index is 2.13. The van der Waals surface area contributed by atoms with Crippen LogP contribution in [0, 0.1) is 0 Å². The van der Waals surface area contributed by atoms with Gasteiger partial charge in [0.2, 0.25) is 0 Å². The maximum atomic E-state index is 9.68. The van der Waals surface area contributed by atoms with E-state index in [0.29, 0.717) is 6.54 Å². The Kier molecular flexibility index (Phi) is 6.10. The molecule has 0 spiro atoms. The molecule has 0 aromatic heterocycles. The SMILES string of the molecule is CCNCC(O)CN1CCCOCC1. The van der Waals surface area contributed by atoms with Crippen molar-refractivity contribution in [1.82, 2.24) is 10.2 Å². The van der Waals surface area contributed by atoms with E-state index >= 15 is 0 Å². The molecule has 0 radical (unpaired) electrons. The fourth-order valence-corrected chi connectivity index (χ4v) is 1.65. The zero-order valence-corrected chi connectivity index (χ0v) is 9.04. The molecule has 84 valence electrons. The van der Waals surface area contributed by atoms with Crippen LogP contribution in [0.15, 0.2) is 0 Å². The van der Waals surface area contributed by atoms with E-state index in [1.807, 2.05) is 6.92 Å². The zero-order valence-electron chi connectivity index (χ0n) is 9.04. The van der Waals surface area contributed by atoms with Crippen LogP contribution in [0.3, 0.4) is 0 Å². The first kappa shape index (κ1) is 11.9. The molecule has 1 heterocycles. The van der Waals surface area contributed by atoms with Gasteiger partial charge in [0.15, 0.2) is 0 Å². The van der Waals surface area contributed by atoms with E-state index < -0.39 is 0 Å². The van der Waals surface area contributed by atoms with Gasteiger partial charge in [0.1, 0.15) is 0 Å². The van der Waals surface area contributed by atoms with Crippen LogP contribution in [0.1, 0.15) is 13.3 Å². The van der Waals surface area contributed by atoms with Gasteiger partial charge in [-0.1, -0.05) is 6.92 Å². The number of likely N-dealkylation sites (N-methyl/N-ethyl adjacent to an activating group) is 1. The molecule has 0 aromatic carbocycles. The summed E-state index contributed by atoms with van der Waals surface area (Å²) in [5.41, 5.74) is 0. The lowest BCUT2D eigenvalue weighted by molar-refractivity contribution is 0.103. The molecule has 14 heavy (non-hydrogen) atoms. The van der Waals surface area contributed by atoms with E-state index in [-0.39, 0.29) is 6.10 Å². The van der Waals surface area contributed by atoms with E-state index in [2.05, 4.69) is 10.2 Å². The van der Waals surface area contributed by atoms with Gasteiger partial charge in [-0.3, -0.25) is 4.90 Å². The van der Waals surface area contributed by atoms with Crippen LogP contribution in [0.25, 0.3) is 0 Å². The number of ether oxygens (including phenoxy) is 1. The van der Waals surface area contributed by atoms with Crippen molar-refractivity contribution in [3.63, 3.8) is 0 Å². The Hall–Kier alpha value is -0.160. The van der Waals surface area contributed by atoms with Crippen molar-refractivity contribution in [3.05, 3.63) is 0 Å². The molecule has 1 atom stereocenters. The summed E-state index contributed by atoms with van der Waals surface area (Å²) in [6, 6.07) is 0. The van der Waals surface area contributed by atoms with Gasteiger partial charge in [0.05, 0.1) is 12.7 Å². The first-order valence-electron chi connectivity index (χ1n) is 5.51. The first-order valence-corrected chi connectivity index (χ1v) is 5.51. The second-order valence-electron chi connectivity index (χ2n) is 3.73. The molecule has 2 N–H and O–H groups in total. The second-order valence-corrected chi connectivity index (χ2v) is 3.73. The van der Waals surface area contributed by atoms with E-state index in [1.165, 1.54) is 0 Å². The number of aliphatic hydroxyl groups is 1. The number of β-amino-alcohol motifs (C(OH)–C–C–N with tert-alkyl or cyclic N) is 1. The van der Waals surface area contributed by atoms with E-state index in [0.717, 1.165) is 45.8 Å². The summed E-state index contributed by atoms with van der Waals surface area (Å²) in [4.78, 5) is 2.27. The molecule has 0 bridgehead atoms. The third kappa shape index (κ3) is 4.91. The van der Waals surface area contributed by atoms with Crippen molar-refractivity contribution in [2.45, 2.75) is 19.4 Å². The van der Waals surface area contributed by atoms with Crippen molar-refractivity contribution >= 4 is 0 Å². The topological polar surface area (TPSA) is 44.7 Å². The lowest BCUT2D eigenvalue weighted by atomic mass is 10.3. The second kappa shape index (κ2) is 7.17. The third-order valence-corrected chi connectivity index (χ3v) is 2.41. The first-order chi connectivity index (χ1) is 6.83. The molecular formula is C10H22N2O2. The fraction of sp³-hybridized carbons (Fsp3) is 1.00. The Bertz CT molecular complexity index is 136. The van der Waals surface area contributed by atoms with Gasteiger partial charge >= 0.3 is 0 Å². The highest BCUT2D eigenvalue weighted by Crippen LogP contribution is 1.99. The Labute approximate surface area is 86.2 Å². The van der Waals surface area contributed by atoms with Crippen molar-refractivity contribution in [1.29, 1.82) is 0 Å². The average molecular weight is 202 g/mol. The molecule has 1 unspecified atom stereocenters. The maximum absolute atomic E-state index is 9.68. The molecule has 1 aliphatic heterocycles. The molecular weight excluding hydrogens is 180 g/mol. The van der Waals surface area contributed by atoms with E-state index in [4.69, 9.17) is 4.74 Å². The summed E-state index contributed by atoms with van der Waals surface area (Å²) >= 11 is 0. The van der Waals surface area contributed by atoms with Crippen LogP contribution >= 0.6 is 0 Å². The molecule has 0 saturated carbocycles.